The molecule has 0 aromatic carbocycles. The van der Waals surface area contributed by atoms with E-state index in [9.17, 15) is 4.79 Å². The van der Waals surface area contributed by atoms with Crippen molar-refractivity contribution in [3.63, 3.8) is 0 Å². The zero-order chi connectivity index (χ0) is 15.3. The molecule has 2 bridgehead atoms. The molecule has 2 heterocycles. The van der Waals surface area contributed by atoms with Gasteiger partial charge in [-0.05, 0) is 63.0 Å². The van der Waals surface area contributed by atoms with Crippen molar-refractivity contribution in [3.05, 3.63) is 35.8 Å². The quantitative estimate of drug-likeness (QED) is 0.945. The normalized spacial score (nSPS) is 28.2. The van der Waals surface area contributed by atoms with Crippen molar-refractivity contribution in [2.24, 2.45) is 17.8 Å². The van der Waals surface area contributed by atoms with Gasteiger partial charge >= 0.3 is 0 Å². The SMILES string of the molecule is Cc1nc2ccccn2c1C(=O)NC(C)C1CC2CCC1C2. The van der Waals surface area contributed by atoms with Gasteiger partial charge in [-0.3, -0.25) is 9.20 Å². The number of carbonyl (C=O) groups excluding carboxylic acids is 1. The topological polar surface area (TPSA) is 46.4 Å². The second kappa shape index (κ2) is 5.11. The first-order chi connectivity index (χ1) is 10.6. The van der Waals surface area contributed by atoms with Crippen LogP contribution in [0.25, 0.3) is 5.65 Å². The number of aromatic nitrogens is 2. The summed E-state index contributed by atoms with van der Waals surface area (Å²) in [5.41, 5.74) is 2.30. The van der Waals surface area contributed by atoms with E-state index in [1.54, 1.807) is 0 Å². The molecule has 0 aliphatic heterocycles. The maximum Gasteiger partial charge on any atom is 0.270 e. The number of imidazole rings is 1. The number of amides is 1. The fraction of sp³-hybridized carbons (Fsp3) is 0.556. The van der Waals surface area contributed by atoms with Gasteiger partial charge in [-0.15, -0.1) is 0 Å². The number of aryl methyl sites for hydroxylation is 1. The van der Waals surface area contributed by atoms with E-state index in [1.807, 2.05) is 35.7 Å². The van der Waals surface area contributed by atoms with Gasteiger partial charge in [0.1, 0.15) is 11.3 Å². The molecule has 2 aliphatic carbocycles. The van der Waals surface area contributed by atoms with E-state index in [0.717, 1.165) is 23.2 Å². The largest absolute Gasteiger partial charge is 0.348 e. The van der Waals surface area contributed by atoms with E-state index in [-0.39, 0.29) is 11.9 Å². The molecule has 2 aliphatic rings. The van der Waals surface area contributed by atoms with Crippen molar-refractivity contribution in [1.82, 2.24) is 14.7 Å². The van der Waals surface area contributed by atoms with Gasteiger partial charge in [0.15, 0.2) is 0 Å². The molecule has 2 aromatic rings. The second-order valence-electron chi connectivity index (χ2n) is 7.08. The standard InChI is InChI=1S/C18H23N3O/c1-11(15-10-13-6-7-14(15)9-13)20-18(22)17-12(2)19-16-5-3-4-8-21(16)17/h3-5,8,11,13-15H,6-7,9-10H2,1-2H3,(H,20,22). The fourth-order valence-electron chi connectivity index (χ4n) is 4.68. The van der Waals surface area contributed by atoms with Crippen molar-refractivity contribution < 1.29 is 4.79 Å². The van der Waals surface area contributed by atoms with Crippen LogP contribution in [0, 0.1) is 24.7 Å². The molecule has 116 valence electrons. The van der Waals surface area contributed by atoms with Crippen LogP contribution in [0.4, 0.5) is 0 Å². The van der Waals surface area contributed by atoms with Crippen LogP contribution in [0.2, 0.25) is 0 Å². The lowest BCUT2D eigenvalue weighted by Crippen LogP contribution is -2.40. The van der Waals surface area contributed by atoms with E-state index in [1.165, 1.54) is 25.7 Å². The Morgan fingerprint density at radius 2 is 2.23 bits per heavy atom. The van der Waals surface area contributed by atoms with Crippen molar-refractivity contribution in [2.75, 3.05) is 0 Å². The lowest BCUT2D eigenvalue weighted by atomic mass is 9.84. The Labute approximate surface area is 130 Å². The zero-order valence-electron chi connectivity index (χ0n) is 13.2. The van der Waals surface area contributed by atoms with Crippen molar-refractivity contribution in [1.29, 1.82) is 0 Å². The molecule has 2 saturated carbocycles. The molecule has 4 rings (SSSR count). The molecule has 22 heavy (non-hydrogen) atoms. The van der Waals surface area contributed by atoms with Gasteiger partial charge in [0.05, 0.1) is 5.69 Å². The highest BCUT2D eigenvalue weighted by molar-refractivity contribution is 5.94. The number of nitrogens with zero attached hydrogens (tertiary/aromatic N) is 2. The average molecular weight is 297 g/mol. The number of hydrogen-bond donors (Lipinski definition) is 1. The average Bonchev–Trinajstić information content (AvgIpc) is 3.19. The van der Waals surface area contributed by atoms with E-state index in [2.05, 4.69) is 17.2 Å². The second-order valence-corrected chi connectivity index (χ2v) is 7.08. The first-order valence-electron chi connectivity index (χ1n) is 8.38. The van der Waals surface area contributed by atoms with E-state index in [0.29, 0.717) is 11.6 Å². The van der Waals surface area contributed by atoms with E-state index in [4.69, 9.17) is 0 Å². The van der Waals surface area contributed by atoms with E-state index >= 15 is 0 Å². The van der Waals surface area contributed by atoms with Crippen LogP contribution >= 0.6 is 0 Å². The molecule has 0 saturated heterocycles. The third kappa shape index (κ3) is 2.13. The van der Waals surface area contributed by atoms with Gasteiger partial charge in [0.25, 0.3) is 5.91 Å². The van der Waals surface area contributed by atoms with Gasteiger partial charge in [0.2, 0.25) is 0 Å². The maximum absolute atomic E-state index is 12.7. The Bertz CT molecular complexity index is 720. The third-order valence-electron chi connectivity index (χ3n) is 5.71. The van der Waals surface area contributed by atoms with Crippen molar-refractivity contribution in [3.8, 4) is 0 Å². The summed E-state index contributed by atoms with van der Waals surface area (Å²) < 4.78 is 1.89. The van der Waals surface area contributed by atoms with E-state index < -0.39 is 0 Å². The Morgan fingerprint density at radius 1 is 1.36 bits per heavy atom. The predicted molar refractivity (Wildman–Crippen MR) is 85.8 cm³/mol. The molecule has 2 aromatic heterocycles. The van der Waals surface area contributed by atoms with Crippen LogP contribution in [0.5, 0.6) is 0 Å². The highest BCUT2D eigenvalue weighted by Crippen LogP contribution is 2.49. The molecule has 1 N–H and O–H groups in total. The number of hydrogen-bond acceptors (Lipinski definition) is 2. The van der Waals surface area contributed by atoms with Crippen LogP contribution < -0.4 is 5.32 Å². The van der Waals surface area contributed by atoms with Crippen LogP contribution in [0.3, 0.4) is 0 Å². The maximum atomic E-state index is 12.7. The highest BCUT2D eigenvalue weighted by atomic mass is 16.2. The van der Waals surface area contributed by atoms with Crippen LogP contribution in [0.1, 0.15) is 48.8 Å². The number of pyridine rings is 1. The van der Waals surface area contributed by atoms with Gasteiger partial charge in [-0.2, -0.15) is 0 Å². The zero-order valence-corrected chi connectivity index (χ0v) is 13.2. The molecule has 0 radical (unpaired) electrons. The first kappa shape index (κ1) is 13.8. The monoisotopic (exact) mass is 297 g/mol. The van der Waals surface area contributed by atoms with Crippen LogP contribution in [-0.4, -0.2) is 21.3 Å². The Morgan fingerprint density at radius 3 is 2.95 bits per heavy atom. The van der Waals surface area contributed by atoms with Crippen molar-refractivity contribution in [2.45, 2.75) is 45.6 Å². The molecule has 4 atom stereocenters. The molecule has 2 fully saturated rings. The minimum absolute atomic E-state index is 0.00599. The van der Waals surface area contributed by atoms with Crippen molar-refractivity contribution >= 4 is 11.6 Å². The molecule has 0 spiro atoms. The summed E-state index contributed by atoms with van der Waals surface area (Å²) >= 11 is 0. The molecular formula is C18H23N3O. The lowest BCUT2D eigenvalue weighted by Gasteiger charge is -2.28. The number of fused-ring (bicyclic) bond motifs is 3. The molecule has 4 nitrogen and oxygen atoms in total. The Balaban J connectivity index is 1.55. The Hall–Kier alpha value is -1.84. The number of nitrogens with one attached hydrogen (secondary N) is 1. The summed E-state index contributed by atoms with van der Waals surface area (Å²) in [6.07, 6.45) is 7.32. The third-order valence-corrected chi connectivity index (χ3v) is 5.71. The number of rotatable bonds is 3. The fourth-order valence-corrected chi connectivity index (χ4v) is 4.68. The summed E-state index contributed by atoms with van der Waals surface area (Å²) in [6, 6.07) is 6.06. The minimum Gasteiger partial charge on any atom is -0.348 e. The van der Waals surface area contributed by atoms with Gasteiger partial charge in [-0.1, -0.05) is 12.5 Å². The first-order valence-corrected chi connectivity index (χ1v) is 8.38. The smallest absolute Gasteiger partial charge is 0.270 e. The molecule has 1 amide bonds. The van der Waals surface area contributed by atoms with Gasteiger partial charge < -0.3 is 5.32 Å². The summed E-state index contributed by atoms with van der Waals surface area (Å²) in [4.78, 5) is 17.2. The lowest BCUT2D eigenvalue weighted by molar-refractivity contribution is 0.0908. The van der Waals surface area contributed by atoms with Gasteiger partial charge in [-0.25, -0.2) is 4.98 Å². The van der Waals surface area contributed by atoms with Crippen LogP contribution in [0.15, 0.2) is 24.4 Å². The summed E-state index contributed by atoms with van der Waals surface area (Å²) in [7, 11) is 0. The Kier molecular flexibility index (Phi) is 3.21. The summed E-state index contributed by atoms with van der Waals surface area (Å²) in [5, 5.41) is 3.24. The number of carbonyl (C=O) groups is 1. The van der Waals surface area contributed by atoms with Crippen LogP contribution in [-0.2, 0) is 0 Å². The highest BCUT2D eigenvalue weighted by Gasteiger charge is 2.42. The molecule has 4 unspecified atom stereocenters. The summed E-state index contributed by atoms with van der Waals surface area (Å²) in [5.74, 6) is 2.39. The molecular weight excluding hydrogens is 274 g/mol. The van der Waals surface area contributed by atoms with Gasteiger partial charge in [0, 0.05) is 12.2 Å². The predicted octanol–water partition coefficient (Wildman–Crippen LogP) is 3.20. The summed E-state index contributed by atoms with van der Waals surface area (Å²) in [6.45, 7) is 4.08. The molecule has 4 heteroatoms. The minimum atomic E-state index is 0.00599.